The van der Waals surface area contributed by atoms with Crippen LogP contribution in [0.2, 0.25) is 0 Å². The van der Waals surface area contributed by atoms with E-state index in [9.17, 15) is 23.0 Å². The third kappa shape index (κ3) is 5.39. The summed E-state index contributed by atoms with van der Waals surface area (Å²) in [6, 6.07) is 3.15. The molecule has 0 bridgehead atoms. The molecule has 1 rings (SSSR count). The fourth-order valence-electron chi connectivity index (χ4n) is 2.04. The molecule has 0 spiro atoms. The number of hydrogen-bond donors (Lipinski definition) is 2. The molecule has 116 valence electrons. The summed E-state index contributed by atoms with van der Waals surface area (Å²) < 4.78 is 41.3. The maximum Gasteiger partial charge on any atom is 0.401 e. The number of nitrogens with one attached hydrogen (secondary N) is 1. The highest BCUT2D eigenvalue weighted by Gasteiger charge is 2.26. The van der Waals surface area contributed by atoms with Crippen LogP contribution in [-0.2, 0) is 6.42 Å². The minimum Gasteiger partial charge on any atom is -0.496 e. The Morgan fingerprint density at radius 3 is 2.57 bits per heavy atom. The lowest BCUT2D eigenvalue weighted by Gasteiger charge is -2.14. The first-order valence-electron chi connectivity index (χ1n) is 6.37. The molecule has 4 nitrogen and oxygen atoms in total. The Kier molecular flexibility index (Phi) is 6.23. The molecule has 8 heteroatoms. The average Bonchev–Trinajstić information content (AvgIpc) is 2.41. The van der Waals surface area contributed by atoms with Crippen molar-refractivity contribution < 1.29 is 27.7 Å². The number of halogens is 3. The molecule has 0 fully saturated rings. The van der Waals surface area contributed by atoms with Crippen molar-refractivity contribution in [2.75, 3.05) is 20.2 Å². The van der Waals surface area contributed by atoms with Crippen molar-refractivity contribution in [2.24, 2.45) is 0 Å². The monoisotopic (exact) mass is 303 g/mol. The van der Waals surface area contributed by atoms with Gasteiger partial charge in [-0.1, -0.05) is 6.07 Å². The summed E-state index contributed by atoms with van der Waals surface area (Å²) in [5.74, 6) is 0.0852. The smallest absolute Gasteiger partial charge is 0.401 e. The Morgan fingerprint density at radius 2 is 2.10 bits per heavy atom. The third-order valence-corrected chi connectivity index (χ3v) is 2.89. The molecule has 21 heavy (non-hydrogen) atoms. The van der Waals surface area contributed by atoms with Crippen molar-refractivity contribution in [3.63, 3.8) is 0 Å². The number of ether oxygens (including phenoxy) is 1. The molecule has 1 aromatic carbocycles. The zero-order valence-electron chi connectivity index (χ0n) is 11.9. The molecule has 0 amide bonds. The van der Waals surface area contributed by atoms with Crippen LogP contribution in [0, 0.1) is 0 Å². The standard InChI is InChI=1S/C13H17BF3NO3/c1-8(19)12-9(3-4-18-7-13(15,16)17)5-10(14-20)6-11(12)21-2/h5-6,14,18,20H,3-4,7H2,1-2H3. The Labute approximate surface area is 121 Å². The van der Waals surface area contributed by atoms with Crippen molar-refractivity contribution in [1.82, 2.24) is 5.32 Å². The van der Waals surface area contributed by atoms with Gasteiger partial charge in [0.1, 0.15) is 5.75 Å². The van der Waals surface area contributed by atoms with E-state index in [1.807, 2.05) is 0 Å². The number of hydrogen-bond acceptors (Lipinski definition) is 4. The minimum absolute atomic E-state index is 0.0673. The number of ketones is 1. The van der Waals surface area contributed by atoms with E-state index in [4.69, 9.17) is 4.74 Å². The number of carbonyl (C=O) groups is 1. The summed E-state index contributed by atoms with van der Waals surface area (Å²) in [4.78, 5) is 11.7. The minimum atomic E-state index is -4.27. The fraction of sp³-hybridized carbons (Fsp3) is 0.462. The van der Waals surface area contributed by atoms with Crippen molar-refractivity contribution >= 4 is 18.7 Å². The molecular weight excluding hydrogens is 286 g/mol. The average molecular weight is 303 g/mol. The molecule has 0 aliphatic heterocycles. The number of methoxy groups -OCH3 is 1. The zero-order chi connectivity index (χ0) is 16.0. The fourth-order valence-corrected chi connectivity index (χ4v) is 2.04. The van der Waals surface area contributed by atoms with E-state index in [-0.39, 0.29) is 26.2 Å². The molecule has 0 radical (unpaired) electrons. The van der Waals surface area contributed by atoms with Crippen molar-refractivity contribution in [1.29, 1.82) is 0 Å². The van der Waals surface area contributed by atoms with E-state index < -0.39 is 12.7 Å². The Morgan fingerprint density at radius 1 is 1.43 bits per heavy atom. The first kappa shape index (κ1) is 17.5. The van der Waals surface area contributed by atoms with E-state index in [1.165, 1.54) is 14.0 Å². The topological polar surface area (TPSA) is 58.6 Å². The van der Waals surface area contributed by atoms with Gasteiger partial charge in [-0.2, -0.15) is 13.2 Å². The van der Waals surface area contributed by atoms with Gasteiger partial charge in [0.15, 0.2) is 5.78 Å². The van der Waals surface area contributed by atoms with Gasteiger partial charge in [-0.15, -0.1) is 0 Å². The van der Waals surface area contributed by atoms with E-state index in [1.54, 1.807) is 12.1 Å². The highest BCUT2D eigenvalue weighted by atomic mass is 19.4. The first-order valence-corrected chi connectivity index (χ1v) is 6.37. The van der Waals surface area contributed by atoms with Crippen LogP contribution >= 0.6 is 0 Å². The van der Waals surface area contributed by atoms with E-state index in [2.05, 4.69) is 5.32 Å². The number of benzene rings is 1. The molecule has 0 aliphatic carbocycles. The van der Waals surface area contributed by atoms with Crippen LogP contribution in [0.3, 0.4) is 0 Å². The van der Waals surface area contributed by atoms with Crippen LogP contribution in [0.4, 0.5) is 13.2 Å². The predicted octanol–water partition coefficient (Wildman–Crippen LogP) is 0.561. The van der Waals surface area contributed by atoms with Crippen LogP contribution in [0.25, 0.3) is 0 Å². The lowest BCUT2D eigenvalue weighted by molar-refractivity contribution is -0.124. The van der Waals surface area contributed by atoms with Crippen molar-refractivity contribution in [3.05, 3.63) is 23.3 Å². The normalized spacial score (nSPS) is 11.3. The largest absolute Gasteiger partial charge is 0.496 e. The van der Waals surface area contributed by atoms with Crippen LogP contribution < -0.4 is 15.5 Å². The molecular formula is C13H17BF3NO3. The number of rotatable bonds is 7. The Bertz CT molecular complexity index is 506. The van der Waals surface area contributed by atoms with E-state index >= 15 is 0 Å². The van der Waals surface area contributed by atoms with Gasteiger partial charge < -0.3 is 15.1 Å². The molecule has 2 N–H and O–H groups in total. The van der Waals surface area contributed by atoms with Gasteiger partial charge in [0.2, 0.25) is 0 Å². The zero-order valence-corrected chi connectivity index (χ0v) is 11.9. The van der Waals surface area contributed by atoms with Gasteiger partial charge >= 0.3 is 13.7 Å². The van der Waals surface area contributed by atoms with Crippen LogP contribution in [0.15, 0.2) is 12.1 Å². The van der Waals surface area contributed by atoms with Crippen LogP contribution in [0.5, 0.6) is 5.75 Å². The molecule has 1 aromatic rings. The Balaban J connectivity index is 2.90. The van der Waals surface area contributed by atoms with Gasteiger partial charge in [-0.05, 0) is 37.0 Å². The number of alkyl halides is 3. The van der Waals surface area contributed by atoms with Gasteiger partial charge in [-0.3, -0.25) is 4.79 Å². The van der Waals surface area contributed by atoms with Crippen molar-refractivity contribution in [2.45, 2.75) is 19.5 Å². The summed E-state index contributed by atoms with van der Waals surface area (Å²) in [5.41, 5.74) is 1.44. The molecule has 0 heterocycles. The second-order valence-corrected chi connectivity index (χ2v) is 4.59. The van der Waals surface area contributed by atoms with Crippen LogP contribution in [0.1, 0.15) is 22.8 Å². The second-order valence-electron chi connectivity index (χ2n) is 4.59. The third-order valence-electron chi connectivity index (χ3n) is 2.89. The van der Waals surface area contributed by atoms with Crippen molar-refractivity contribution in [3.8, 4) is 5.75 Å². The Hall–Kier alpha value is -1.54. The summed E-state index contributed by atoms with van der Waals surface area (Å²) in [7, 11) is 1.16. The lowest BCUT2D eigenvalue weighted by Crippen LogP contribution is -2.30. The number of Topliss-reactive ketones (excluding diaryl/α,β-unsaturated/α-hetero) is 1. The quantitative estimate of drug-likeness (QED) is 0.439. The van der Waals surface area contributed by atoms with Crippen LogP contribution in [-0.4, -0.2) is 44.7 Å². The maximum atomic E-state index is 12.1. The summed E-state index contributed by atoms with van der Waals surface area (Å²) >= 11 is 0. The number of carbonyl (C=O) groups excluding carboxylic acids is 1. The maximum absolute atomic E-state index is 12.1. The predicted molar refractivity (Wildman–Crippen MR) is 74.6 cm³/mol. The molecule has 0 unspecified atom stereocenters. The van der Waals surface area contributed by atoms with E-state index in [0.29, 0.717) is 22.3 Å². The SMILES string of the molecule is COc1cc(BO)cc(CCNCC(F)(F)F)c1C(C)=O. The van der Waals surface area contributed by atoms with E-state index in [0.717, 1.165) is 0 Å². The highest BCUT2D eigenvalue weighted by molar-refractivity contribution is 6.45. The highest BCUT2D eigenvalue weighted by Crippen LogP contribution is 2.22. The first-order chi connectivity index (χ1) is 9.78. The second kappa shape index (κ2) is 7.47. The van der Waals surface area contributed by atoms with Gasteiger partial charge in [0.25, 0.3) is 0 Å². The lowest BCUT2D eigenvalue weighted by atomic mass is 9.84. The van der Waals surface area contributed by atoms with Gasteiger partial charge in [-0.25, -0.2) is 0 Å². The van der Waals surface area contributed by atoms with Gasteiger partial charge in [0, 0.05) is 0 Å². The molecule has 0 saturated carbocycles. The summed E-state index contributed by atoms with van der Waals surface area (Å²) in [5, 5.41) is 11.5. The molecule has 0 saturated heterocycles. The molecule has 0 aliphatic rings. The summed E-state index contributed by atoms with van der Waals surface area (Å²) in [6.07, 6.45) is -4.04. The van der Waals surface area contributed by atoms with Gasteiger partial charge in [0.05, 0.1) is 19.2 Å². The molecule has 0 atom stereocenters. The summed E-state index contributed by atoms with van der Waals surface area (Å²) in [6.45, 7) is 0.347. The molecule has 0 aromatic heterocycles.